The van der Waals surface area contributed by atoms with Crippen LogP contribution in [0.25, 0.3) is 22.1 Å². The van der Waals surface area contributed by atoms with Gasteiger partial charge in [-0.2, -0.15) is 0 Å². The number of carbonyl (C=O) groups is 1. The van der Waals surface area contributed by atoms with Crippen LogP contribution in [0, 0.1) is 0 Å². The van der Waals surface area contributed by atoms with Crippen molar-refractivity contribution in [2.45, 2.75) is 6.92 Å². The van der Waals surface area contributed by atoms with Crippen LogP contribution in [0.5, 0.6) is 5.75 Å². The highest BCUT2D eigenvalue weighted by atomic mass is 16.5. The van der Waals surface area contributed by atoms with E-state index in [0.717, 1.165) is 0 Å². The van der Waals surface area contributed by atoms with Crippen molar-refractivity contribution >= 4 is 16.9 Å². The first-order valence-electron chi connectivity index (χ1n) is 6.44. The smallest absolute Gasteiger partial charge is 0.308 e. The number of fused-ring (bicyclic) bond motifs is 1. The molecule has 0 aliphatic rings. The molecule has 0 fully saturated rings. The van der Waals surface area contributed by atoms with Gasteiger partial charge in [0.05, 0.1) is 10.9 Å². The van der Waals surface area contributed by atoms with E-state index in [2.05, 4.69) is 0 Å². The van der Waals surface area contributed by atoms with E-state index in [0.29, 0.717) is 27.8 Å². The molecule has 2 aromatic carbocycles. The quantitative estimate of drug-likeness (QED) is 0.533. The number of rotatable bonds is 2. The van der Waals surface area contributed by atoms with E-state index in [1.165, 1.54) is 13.2 Å². The van der Waals surface area contributed by atoms with E-state index < -0.39 is 0 Å². The minimum absolute atomic E-state index is 0.0860. The highest BCUT2D eigenvalue weighted by Crippen LogP contribution is 2.22. The van der Waals surface area contributed by atoms with Gasteiger partial charge in [0.2, 0.25) is 0 Å². The fraction of sp³-hybridized carbons (Fsp3) is 0.0588. The number of hydrogen-bond donors (Lipinski definition) is 0. The molecule has 0 saturated heterocycles. The third-order valence-corrected chi connectivity index (χ3v) is 3.11. The average Bonchev–Trinajstić information content (AvgIpc) is 2.48. The van der Waals surface area contributed by atoms with Gasteiger partial charge in [0.25, 0.3) is 0 Å². The Morgan fingerprint density at radius 2 is 1.76 bits per heavy atom. The Kier molecular flexibility index (Phi) is 3.28. The van der Waals surface area contributed by atoms with E-state index in [1.54, 1.807) is 42.5 Å². The van der Waals surface area contributed by atoms with E-state index in [-0.39, 0.29) is 11.4 Å². The van der Waals surface area contributed by atoms with E-state index in [4.69, 9.17) is 9.15 Å². The van der Waals surface area contributed by atoms with Crippen molar-refractivity contribution in [3.05, 3.63) is 65.0 Å². The summed E-state index contributed by atoms with van der Waals surface area (Å²) in [7, 11) is 0. The van der Waals surface area contributed by atoms with Crippen LogP contribution in [0.3, 0.4) is 0 Å². The first-order chi connectivity index (χ1) is 10.1. The number of para-hydroxylation sites is 1. The number of hydrogen-bond acceptors (Lipinski definition) is 4. The van der Waals surface area contributed by atoms with Gasteiger partial charge >= 0.3 is 5.97 Å². The third-order valence-electron chi connectivity index (χ3n) is 3.11. The molecule has 1 aromatic heterocycles. The summed E-state index contributed by atoms with van der Waals surface area (Å²) in [5.74, 6) is 0.0596. The standard InChI is InChI=1S/C17H12O4/c1-11(18)21-13-8-6-12(7-9-13)15-10-20-16-5-3-2-4-14(16)17(15)19/h2-10H,1H3. The molecule has 0 unspecified atom stereocenters. The number of benzene rings is 2. The highest BCUT2D eigenvalue weighted by molar-refractivity contribution is 5.81. The second-order valence-corrected chi connectivity index (χ2v) is 4.59. The van der Waals surface area contributed by atoms with Gasteiger partial charge in [0.15, 0.2) is 5.43 Å². The Balaban J connectivity index is 2.06. The van der Waals surface area contributed by atoms with Gasteiger partial charge in [0.1, 0.15) is 17.6 Å². The lowest BCUT2D eigenvalue weighted by Crippen LogP contribution is -2.05. The predicted molar refractivity (Wildman–Crippen MR) is 79.2 cm³/mol. The van der Waals surface area contributed by atoms with E-state index in [1.807, 2.05) is 6.07 Å². The van der Waals surface area contributed by atoms with Gasteiger partial charge in [-0.05, 0) is 29.8 Å². The Morgan fingerprint density at radius 3 is 2.48 bits per heavy atom. The van der Waals surface area contributed by atoms with Crippen LogP contribution < -0.4 is 10.2 Å². The summed E-state index contributed by atoms with van der Waals surface area (Å²) in [6, 6.07) is 13.8. The van der Waals surface area contributed by atoms with Gasteiger partial charge < -0.3 is 9.15 Å². The lowest BCUT2D eigenvalue weighted by molar-refractivity contribution is -0.131. The number of carbonyl (C=O) groups excluding carboxylic acids is 1. The van der Waals surface area contributed by atoms with Gasteiger partial charge in [-0.3, -0.25) is 9.59 Å². The Hall–Kier alpha value is -2.88. The zero-order valence-corrected chi connectivity index (χ0v) is 11.3. The summed E-state index contributed by atoms with van der Waals surface area (Å²) in [5.41, 5.74) is 1.66. The summed E-state index contributed by atoms with van der Waals surface area (Å²) in [6.45, 7) is 1.34. The molecule has 3 aromatic rings. The zero-order chi connectivity index (χ0) is 14.8. The van der Waals surface area contributed by atoms with Gasteiger partial charge in [0, 0.05) is 6.92 Å². The van der Waals surface area contributed by atoms with Crippen LogP contribution in [0.2, 0.25) is 0 Å². The molecule has 0 atom stereocenters. The maximum Gasteiger partial charge on any atom is 0.308 e. The Labute approximate surface area is 120 Å². The lowest BCUT2D eigenvalue weighted by atomic mass is 10.1. The Bertz CT molecular complexity index is 860. The molecule has 0 saturated carbocycles. The largest absolute Gasteiger partial charge is 0.463 e. The zero-order valence-electron chi connectivity index (χ0n) is 11.3. The van der Waals surface area contributed by atoms with Crippen molar-refractivity contribution in [1.82, 2.24) is 0 Å². The SMILES string of the molecule is CC(=O)Oc1ccc(-c2coc3ccccc3c2=O)cc1. The summed E-state index contributed by atoms with van der Waals surface area (Å²) in [6.07, 6.45) is 1.45. The number of ether oxygens (including phenoxy) is 1. The molecule has 0 N–H and O–H groups in total. The van der Waals surface area contributed by atoms with Crippen LogP contribution in [0.1, 0.15) is 6.92 Å². The fourth-order valence-electron chi connectivity index (χ4n) is 2.15. The molecule has 4 nitrogen and oxygen atoms in total. The summed E-state index contributed by atoms with van der Waals surface area (Å²) in [4.78, 5) is 23.3. The minimum atomic E-state index is -0.382. The van der Waals surface area contributed by atoms with E-state index >= 15 is 0 Å². The molecule has 3 rings (SSSR count). The molecule has 1 heterocycles. The maximum atomic E-state index is 12.4. The molecule has 0 aliphatic heterocycles. The second-order valence-electron chi connectivity index (χ2n) is 4.59. The minimum Gasteiger partial charge on any atom is -0.463 e. The summed E-state index contributed by atoms with van der Waals surface area (Å²) >= 11 is 0. The third kappa shape index (κ3) is 2.56. The maximum absolute atomic E-state index is 12.4. The number of esters is 1. The van der Waals surface area contributed by atoms with Crippen molar-refractivity contribution in [3.8, 4) is 16.9 Å². The lowest BCUT2D eigenvalue weighted by Gasteiger charge is -2.04. The topological polar surface area (TPSA) is 56.5 Å². The average molecular weight is 280 g/mol. The molecular weight excluding hydrogens is 268 g/mol. The fourth-order valence-corrected chi connectivity index (χ4v) is 2.15. The van der Waals surface area contributed by atoms with Crippen molar-refractivity contribution in [2.24, 2.45) is 0 Å². The van der Waals surface area contributed by atoms with Crippen LogP contribution in [0.4, 0.5) is 0 Å². The molecular formula is C17H12O4. The molecule has 0 aliphatic carbocycles. The summed E-state index contributed by atoms with van der Waals surface area (Å²) < 4.78 is 10.5. The first kappa shape index (κ1) is 13.1. The van der Waals surface area contributed by atoms with Crippen molar-refractivity contribution in [1.29, 1.82) is 0 Å². The monoisotopic (exact) mass is 280 g/mol. The Morgan fingerprint density at radius 1 is 1.05 bits per heavy atom. The first-order valence-corrected chi connectivity index (χ1v) is 6.44. The second kappa shape index (κ2) is 5.25. The molecule has 0 radical (unpaired) electrons. The van der Waals surface area contributed by atoms with Crippen molar-refractivity contribution < 1.29 is 13.9 Å². The van der Waals surface area contributed by atoms with Gasteiger partial charge in [-0.15, -0.1) is 0 Å². The van der Waals surface area contributed by atoms with Crippen LogP contribution in [-0.2, 0) is 4.79 Å². The van der Waals surface area contributed by atoms with Crippen LogP contribution in [-0.4, -0.2) is 5.97 Å². The van der Waals surface area contributed by atoms with E-state index in [9.17, 15) is 9.59 Å². The molecule has 21 heavy (non-hydrogen) atoms. The molecule has 4 heteroatoms. The normalized spacial score (nSPS) is 10.5. The van der Waals surface area contributed by atoms with Gasteiger partial charge in [-0.25, -0.2) is 0 Å². The van der Waals surface area contributed by atoms with Crippen LogP contribution in [0.15, 0.2) is 64.0 Å². The molecule has 0 spiro atoms. The van der Waals surface area contributed by atoms with Crippen LogP contribution >= 0.6 is 0 Å². The van der Waals surface area contributed by atoms with Crippen molar-refractivity contribution in [2.75, 3.05) is 0 Å². The molecule has 0 amide bonds. The summed E-state index contributed by atoms with van der Waals surface area (Å²) in [5, 5.41) is 0.541. The highest BCUT2D eigenvalue weighted by Gasteiger charge is 2.09. The molecule has 0 bridgehead atoms. The van der Waals surface area contributed by atoms with Gasteiger partial charge in [-0.1, -0.05) is 24.3 Å². The molecule has 104 valence electrons. The predicted octanol–water partition coefficient (Wildman–Crippen LogP) is 3.39. The van der Waals surface area contributed by atoms with Crippen molar-refractivity contribution in [3.63, 3.8) is 0 Å².